The molecule has 0 N–H and O–H groups in total. The highest BCUT2D eigenvalue weighted by atomic mass is 28.4. The van der Waals surface area contributed by atoms with E-state index in [1.54, 1.807) is 6.92 Å². The quantitative estimate of drug-likeness (QED) is 0.152. The summed E-state index contributed by atoms with van der Waals surface area (Å²) in [7, 11) is -0.877. The summed E-state index contributed by atoms with van der Waals surface area (Å²) in [4.78, 5) is 39.7. The number of hydrogen-bond donors (Lipinski definition) is 0. The van der Waals surface area contributed by atoms with Crippen molar-refractivity contribution in [2.24, 2.45) is 5.11 Å². The van der Waals surface area contributed by atoms with Crippen molar-refractivity contribution in [3.05, 3.63) is 49.1 Å². The van der Waals surface area contributed by atoms with Gasteiger partial charge in [-0.2, -0.15) is 0 Å². The summed E-state index contributed by atoms with van der Waals surface area (Å²) in [6.07, 6.45) is 2.40. The summed E-state index contributed by atoms with van der Waals surface area (Å²) in [6.45, 7) is 12.4. The number of azide groups is 1. The molecule has 0 amide bonds. The smallest absolute Gasteiger partial charge is 0.337 e. The van der Waals surface area contributed by atoms with Crippen molar-refractivity contribution >= 4 is 20.5 Å². The molecule has 0 aliphatic carbocycles. The van der Waals surface area contributed by atoms with Gasteiger partial charge in [-0.15, -0.1) is 0 Å². The number of aryl methyl sites for hydroxylation is 1. The van der Waals surface area contributed by atoms with E-state index in [4.69, 9.17) is 14.7 Å². The van der Waals surface area contributed by atoms with Gasteiger partial charge in [-0.1, -0.05) is 25.9 Å². The number of carbonyl (C=O) groups is 1. The predicted octanol–water partition coefficient (Wildman–Crippen LogP) is 2.95. The Morgan fingerprint density at radius 1 is 1.41 bits per heavy atom. The average molecular weight is 466 g/mol. The standard InChI is InChI=1S/C20H31N5O6Si/c1-13-11-25(19(28)24(18(13)27)9-8-17(26)29-5)16-10-14(22-23-21)15(31-16)12-30-32(6,7)20(2,3)4/h8-9,11,14-16H,10,12H2,1-7H3/b9-8+/t14-,15+,16+/m0/s1. The van der Waals surface area contributed by atoms with Gasteiger partial charge in [0.25, 0.3) is 5.56 Å². The fourth-order valence-electron chi connectivity index (χ4n) is 2.99. The van der Waals surface area contributed by atoms with Gasteiger partial charge in [0.05, 0.1) is 25.9 Å². The maximum Gasteiger partial charge on any atom is 0.337 e. The largest absolute Gasteiger partial charge is 0.466 e. The molecule has 0 unspecified atom stereocenters. The van der Waals surface area contributed by atoms with Crippen molar-refractivity contribution in [2.75, 3.05) is 13.7 Å². The first-order valence-electron chi connectivity index (χ1n) is 10.3. The third-order valence-corrected chi connectivity index (χ3v) is 10.5. The van der Waals surface area contributed by atoms with E-state index < -0.39 is 43.9 Å². The minimum atomic E-state index is -2.07. The average Bonchev–Trinajstić information content (AvgIpc) is 3.11. The van der Waals surface area contributed by atoms with Crippen LogP contribution in [-0.4, -0.2) is 49.3 Å². The molecule has 2 heterocycles. The van der Waals surface area contributed by atoms with E-state index in [2.05, 4.69) is 48.6 Å². The second-order valence-electron chi connectivity index (χ2n) is 9.22. The van der Waals surface area contributed by atoms with Crippen molar-refractivity contribution in [1.29, 1.82) is 0 Å². The van der Waals surface area contributed by atoms with Gasteiger partial charge in [0.2, 0.25) is 0 Å². The zero-order chi connectivity index (χ0) is 24.3. The van der Waals surface area contributed by atoms with Crippen LogP contribution >= 0.6 is 0 Å². The van der Waals surface area contributed by atoms with E-state index >= 15 is 0 Å². The van der Waals surface area contributed by atoms with E-state index in [1.807, 2.05) is 0 Å². The van der Waals surface area contributed by atoms with Crippen LogP contribution in [0.15, 0.2) is 27.0 Å². The van der Waals surface area contributed by atoms with Gasteiger partial charge in [0.1, 0.15) is 6.23 Å². The number of rotatable bonds is 7. The lowest BCUT2D eigenvalue weighted by molar-refractivity contribution is -0.134. The molecule has 12 heteroatoms. The molecule has 1 fully saturated rings. The van der Waals surface area contributed by atoms with Crippen LogP contribution in [0.2, 0.25) is 18.1 Å². The van der Waals surface area contributed by atoms with Crippen molar-refractivity contribution in [3.63, 3.8) is 0 Å². The molecular formula is C20H31N5O6Si. The Kier molecular flexibility index (Phi) is 7.89. The minimum Gasteiger partial charge on any atom is -0.466 e. The first-order valence-corrected chi connectivity index (χ1v) is 13.2. The van der Waals surface area contributed by atoms with Crippen LogP contribution in [0, 0.1) is 6.92 Å². The molecule has 0 saturated carbocycles. The zero-order valence-corrected chi connectivity index (χ0v) is 20.6. The highest BCUT2D eigenvalue weighted by molar-refractivity contribution is 6.74. The molecule has 1 aliphatic rings. The first kappa shape index (κ1) is 25.6. The summed E-state index contributed by atoms with van der Waals surface area (Å²) >= 11 is 0. The molecule has 0 bridgehead atoms. The second kappa shape index (κ2) is 9.86. The molecular weight excluding hydrogens is 434 g/mol. The van der Waals surface area contributed by atoms with Crippen molar-refractivity contribution in [3.8, 4) is 0 Å². The Hall–Kier alpha value is -2.66. The number of carbonyl (C=O) groups excluding carboxylic acids is 1. The van der Waals surface area contributed by atoms with Crippen LogP contribution in [0.1, 0.15) is 39.0 Å². The van der Waals surface area contributed by atoms with Crippen LogP contribution < -0.4 is 11.2 Å². The highest BCUT2D eigenvalue weighted by Crippen LogP contribution is 2.38. The molecule has 1 aromatic rings. The molecule has 1 aromatic heterocycles. The van der Waals surface area contributed by atoms with Crippen LogP contribution in [0.5, 0.6) is 0 Å². The number of methoxy groups -OCH3 is 1. The predicted molar refractivity (Wildman–Crippen MR) is 122 cm³/mol. The van der Waals surface area contributed by atoms with E-state index in [0.29, 0.717) is 0 Å². The van der Waals surface area contributed by atoms with E-state index in [1.165, 1.54) is 17.9 Å². The lowest BCUT2D eigenvalue weighted by Gasteiger charge is -2.37. The van der Waals surface area contributed by atoms with E-state index in [9.17, 15) is 14.4 Å². The summed E-state index contributed by atoms with van der Waals surface area (Å²) in [6, 6.07) is -0.534. The van der Waals surface area contributed by atoms with Crippen LogP contribution in [0.4, 0.5) is 0 Å². The summed E-state index contributed by atoms with van der Waals surface area (Å²) in [5.74, 6) is -0.701. The summed E-state index contributed by atoms with van der Waals surface area (Å²) < 4.78 is 18.9. The number of nitrogens with zero attached hydrogens (tertiary/aromatic N) is 5. The fraction of sp³-hybridized carbons (Fsp3) is 0.650. The summed E-state index contributed by atoms with van der Waals surface area (Å²) in [5, 5.41) is 3.83. The number of hydrogen-bond acceptors (Lipinski definition) is 7. The third-order valence-electron chi connectivity index (χ3n) is 6.01. The van der Waals surface area contributed by atoms with Crippen LogP contribution in [-0.2, 0) is 18.7 Å². The van der Waals surface area contributed by atoms with Crippen LogP contribution in [0.3, 0.4) is 0 Å². The monoisotopic (exact) mass is 465 g/mol. The Balaban J connectivity index is 2.36. The Bertz CT molecular complexity index is 1050. The SMILES string of the molecule is COC(=O)/C=C/n1c(=O)c(C)cn([C@H]2C[C@H](N=[N+]=[N-])[C@@H](CO[Si](C)(C)C(C)(C)C)O2)c1=O. The minimum absolute atomic E-state index is 0.00544. The molecule has 3 atom stereocenters. The number of aromatic nitrogens is 2. The maximum absolute atomic E-state index is 13.0. The van der Waals surface area contributed by atoms with Crippen molar-refractivity contribution in [1.82, 2.24) is 9.13 Å². The number of ether oxygens (including phenoxy) is 2. The Morgan fingerprint density at radius 2 is 2.06 bits per heavy atom. The highest BCUT2D eigenvalue weighted by Gasteiger charge is 2.41. The second-order valence-corrected chi connectivity index (χ2v) is 14.0. The molecule has 2 rings (SSSR count). The van der Waals surface area contributed by atoms with Gasteiger partial charge in [0.15, 0.2) is 8.32 Å². The zero-order valence-electron chi connectivity index (χ0n) is 19.6. The van der Waals surface area contributed by atoms with Gasteiger partial charge < -0.3 is 13.9 Å². The fourth-order valence-corrected chi connectivity index (χ4v) is 4.01. The number of esters is 1. The molecule has 1 aliphatic heterocycles. The van der Waals surface area contributed by atoms with Crippen LogP contribution in [0.25, 0.3) is 16.6 Å². The summed E-state index contributed by atoms with van der Waals surface area (Å²) in [5.41, 5.74) is 8.02. The molecule has 1 saturated heterocycles. The van der Waals surface area contributed by atoms with E-state index in [0.717, 1.165) is 16.8 Å². The first-order chi connectivity index (χ1) is 14.8. The van der Waals surface area contributed by atoms with Gasteiger partial charge in [-0.25, -0.2) is 14.2 Å². The Morgan fingerprint density at radius 3 is 2.62 bits per heavy atom. The lowest BCUT2D eigenvalue weighted by Crippen LogP contribution is -2.43. The normalized spacial score (nSPS) is 21.5. The van der Waals surface area contributed by atoms with Crippen molar-refractivity contribution in [2.45, 2.75) is 70.6 Å². The lowest BCUT2D eigenvalue weighted by atomic mass is 10.1. The van der Waals surface area contributed by atoms with Gasteiger partial charge in [0, 0.05) is 35.4 Å². The van der Waals surface area contributed by atoms with Gasteiger partial charge in [-0.05, 0) is 30.6 Å². The van der Waals surface area contributed by atoms with Gasteiger partial charge in [-0.3, -0.25) is 9.36 Å². The Labute approximate surface area is 187 Å². The van der Waals surface area contributed by atoms with Gasteiger partial charge >= 0.3 is 11.7 Å². The molecule has 0 radical (unpaired) electrons. The molecule has 176 valence electrons. The van der Waals surface area contributed by atoms with E-state index in [-0.39, 0.29) is 23.6 Å². The molecule has 0 spiro atoms. The molecule has 11 nitrogen and oxygen atoms in total. The van der Waals surface area contributed by atoms with Crippen molar-refractivity contribution < 1.29 is 18.7 Å². The molecule has 0 aromatic carbocycles. The molecule has 32 heavy (non-hydrogen) atoms. The third kappa shape index (κ3) is 5.57. The topological polar surface area (TPSA) is 138 Å². The maximum atomic E-state index is 13.0.